The van der Waals surface area contributed by atoms with E-state index in [9.17, 15) is 4.79 Å². The van der Waals surface area contributed by atoms with E-state index in [4.69, 9.17) is 19.2 Å². The zero-order valence-corrected chi connectivity index (χ0v) is 19.1. The normalized spacial score (nSPS) is 15.4. The number of hydrogen-bond acceptors (Lipinski definition) is 6. The molecule has 0 fully saturated rings. The molecule has 1 unspecified atom stereocenters. The molecule has 4 aromatic rings. The van der Waals surface area contributed by atoms with E-state index in [-0.39, 0.29) is 11.7 Å². The lowest BCUT2D eigenvalue weighted by Crippen LogP contribution is -2.21. The molecule has 7 nitrogen and oxygen atoms in total. The summed E-state index contributed by atoms with van der Waals surface area (Å²) in [6.45, 7) is 1.96. The molecule has 168 valence electrons. The van der Waals surface area contributed by atoms with Gasteiger partial charge in [0.1, 0.15) is 17.2 Å². The average molecular weight is 444 g/mol. The van der Waals surface area contributed by atoms with Gasteiger partial charge in [-0.2, -0.15) is 5.10 Å². The summed E-state index contributed by atoms with van der Waals surface area (Å²) in [7, 11) is 4.90. The molecule has 2 aromatic carbocycles. The van der Waals surface area contributed by atoms with Crippen LogP contribution in [0.2, 0.25) is 0 Å². The van der Waals surface area contributed by atoms with Crippen molar-refractivity contribution in [1.29, 1.82) is 0 Å². The van der Waals surface area contributed by atoms with Gasteiger partial charge in [-0.25, -0.2) is 9.50 Å². The summed E-state index contributed by atoms with van der Waals surface area (Å²) < 4.78 is 17.9. The largest absolute Gasteiger partial charge is 0.497 e. The number of carbonyl (C=O) groups excluding carboxylic acids is 1. The summed E-state index contributed by atoms with van der Waals surface area (Å²) in [6, 6.07) is 13.6. The minimum absolute atomic E-state index is 0.0192. The first-order valence-electron chi connectivity index (χ1n) is 10.8. The highest BCUT2D eigenvalue weighted by atomic mass is 16.5. The Morgan fingerprint density at radius 3 is 2.36 bits per heavy atom. The number of methoxy groups -OCH3 is 3. The third-order valence-electron chi connectivity index (χ3n) is 6.29. The third kappa shape index (κ3) is 3.59. The van der Waals surface area contributed by atoms with Gasteiger partial charge in [0, 0.05) is 30.2 Å². The van der Waals surface area contributed by atoms with Crippen LogP contribution in [0.4, 0.5) is 0 Å². The molecular weight excluding hydrogens is 418 g/mol. The lowest BCUT2D eigenvalue weighted by molar-refractivity contribution is 0.0962. The number of Topliss-reactive ketones (excluding diaryl/α,β-unsaturated/α-hetero) is 1. The molecule has 0 saturated carbocycles. The SMILES string of the molecule is COc1ccc(-c2c(C)nn3cc4c(nc23)CC(c2ccc(OC)cc2OC)CC4=O)cc1. The Balaban J connectivity index is 1.58. The zero-order valence-electron chi connectivity index (χ0n) is 19.1. The molecule has 0 saturated heterocycles. The highest BCUT2D eigenvalue weighted by molar-refractivity contribution is 5.99. The van der Waals surface area contributed by atoms with Crippen LogP contribution < -0.4 is 14.2 Å². The van der Waals surface area contributed by atoms with Crippen molar-refractivity contribution in [1.82, 2.24) is 14.6 Å². The number of fused-ring (bicyclic) bond motifs is 2. The van der Waals surface area contributed by atoms with Crippen LogP contribution >= 0.6 is 0 Å². The highest BCUT2D eigenvalue weighted by Gasteiger charge is 2.31. The predicted octanol–water partition coefficient (Wildman–Crippen LogP) is 4.64. The molecule has 0 bridgehead atoms. The van der Waals surface area contributed by atoms with Crippen LogP contribution in [-0.4, -0.2) is 41.7 Å². The van der Waals surface area contributed by atoms with Gasteiger partial charge in [0.25, 0.3) is 0 Å². The molecule has 1 aliphatic rings. The van der Waals surface area contributed by atoms with Crippen LogP contribution in [0.15, 0.2) is 48.7 Å². The minimum atomic E-state index is -0.0192. The number of hydrogen-bond donors (Lipinski definition) is 0. The maximum absolute atomic E-state index is 13.1. The molecule has 33 heavy (non-hydrogen) atoms. The van der Waals surface area contributed by atoms with E-state index in [1.54, 1.807) is 25.8 Å². The number of rotatable bonds is 5. The smallest absolute Gasteiger partial charge is 0.166 e. The van der Waals surface area contributed by atoms with Gasteiger partial charge < -0.3 is 14.2 Å². The van der Waals surface area contributed by atoms with E-state index in [2.05, 4.69) is 5.10 Å². The Morgan fingerprint density at radius 2 is 1.67 bits per heavy atom. The van der Waals surface area contributed by atoms with Gasteiger partial charge in [-0.1, -0.05) is 18.2 Å². The average Bonchev–Trinajstić information content (AvgIpc) is 3.17. The van der Waals surface area contributed by atoms with Crippen molar-refractivity contribution < 1.29 is 19.0 Å². The maximum atomic E-state index is 13.1. The summed E-state index contributed by atoms with van der Waals surface area (Å²) >= 11 is 0. The van der Waals surface area contributed by atoms with Crippen LogP contribution in [0.5, 0.6) is 17.2 Å². The first-order valence-corrected chi connectivity index (χ1v) is 10.8. The molecule has 7 heteroatoms. The Morgan fingerprint density at radius 1 is 0.939 bits per heavy atom. The van der Waals surface area contributed by atoms with E-state index in [1.165, 1.54) is 0 Å². The Hall–Kier alpha value is -3.87. The monoisotopic (exact) mass is 443 g/mol. The summed E-state index contributed by atoms with van der Waals surface area (Å²) in [6.07, 6.45) is 2.86. The number of ketones is 1. The van der Waals surface area contributed by atoms with Crippen molar-refractivity contribution in [3.63, 3.8) is 0 Å². The van der Waals surface area contributed by atoms with Crippen LogP contribution in [-0.2, 0) is 6.42 Å². The van der Waals surface area contributed by atoms with E-state index in [1.807, 2.05) is 55.6 Å². The lowest BCUT2D eigenvalue weighted by Gasteiger charge is -2.25. The summed E-state index contributed by atoms with van der Waals surface area (Å²) in [5.74, 6) is 2.27. The summed E-state index contributed by atoms with van der Waals surface area (Å²) in [4.78, 5) is 18.1. The molecule has 0 N–H and O–H groups in total. The molecule has 2 heterocycles. The summed E-state index contributed by atoms with van der Waals surface area (Å²) in [5.41, 5.74) is 5.97. The number of nitrogens with zero attached hydrogens (tertiary/aromatic N) is 3. The Bertz CT molecular complexity index is 1360. The number of benzene rings is 2. The third-order valence-corrected chi connectivity index (χ3v) is 6.29. The predicted molar refractivity (Wildman–Crippen MR) is 125 cm³/mol. The molecule has 0 aliphatic heterocycles. The quantitative estimate of drug-likeness (QED) is 0.447. The van der Waals surface area contributed by atoms with Crippen LogP contribution in [0.1, 0.15) is 39.6 Å². The van der Waals surface area contributed by atoms with Crippen LogP contribution in [0.25, 0.3) is 16.8 Å². The second-order valence-electron chi connectivity index (χ2n) is 8.19. The number of aromatic nitrogens is 3. The molecule has 2 aromatic heterocycles. The molecule has 5 rings (SSSR count). The topological polar surface area (TPSA) is 75.0 Å². The van der Waals surface area contributed by atoms with Crippen molar-refractivity contribution in [2.24, 2.45) is 0 Å². The van der Waals surface area contributed by atoms with E-state index < -0.39 is 0 Å². The standard InChI is InChI=1S/C26H25N3O4/c1-15-25(16-5-7-18(31-2)8-6-16)26-27-22-11-17(12-23(30)21(22)14-29(26)28-15)20-10-9-19(32-3)13-24(20)33-4/h5-10,13-14,17H,11-12H2,1-4H3. The molecule has 0 radical (unpaired) electrons. The Kier molecular flexibility index (Phi) is 5.24. The maximum Gasteiger partial charge on any atom is 0.166 e. The fourth-order valence-corrected chi connectivity index (χ4v) is 4.62. The fraction of sp³-hybridized carbons (Fsp3) is 0.269. The second-order valence-corrected chi connectivity index (χ2v) is 8.19. The van der Waals surface area contributed by atoms with Gasteiger partial charge in [0.15, 0.2) is 11.4 Å². The van der Waals surface area contributed by atoms with Crippen LogP contribution in [0, 0.1) is 6.92 Å². The number of ether oxygens (including phenoxy) is 3. The van der Waals surface area contributed by atoms with E-state index in [0.717, 1.165) is 51.0 Å². The first-order chi connectivity index (χ1) is 16.0. The van der Waals surface area contributed by atoms with Crippen molar-refractivity contribution in [3.05, 3.63) is 71.2 Å². The molecule has 1 atom stereocenters. The van der Waals surface area contributed by atoms with Gasteiger partial charge >= 0.3 is 0 Å². The first kappa shape index (κ1) is 21.0. The van der Waals surface area contributed by atoms with E-state index >= 15 is 0 Å². The molecular formula is C26H25N3O4. The molecule has 0 amide bonds. The highest BCUT2D eigenvalue weighted by Crippen LogP contribution is 2.39. The minimum Gasteiger partial charge on any atom is -0.497 e. The van der Waals surface area contributed by atoms with Gasteiger partial charge in [-0.3, -0.25) is 4.79 Å². The van der Waals surface area contributed by atoms with Gasteiger partial charge in [-0.05, 0) is 42.7 Å². The van der Waals surface area contributed by atoms with Crippen molar-refractivity contribution in [3.8, 4) is 28.4 Å². The summed E-state index contributed by atoms with van der Waals surface area (Å²) in [5, 5.41) is 4.64. The Labute approximate surface area is 191 Å². The lowest BCUT2D eigenvalue weighted by atomic mass is 9.81. The number of carbonyl (C=O) groups is 1. The second kappa shape index (κ2) is 8.24. The van der Waals surface area contributed by atoms with Gasteiger partial charge in [-0.15, -0.1) is 0 Å². The van der Waals surface area contributed by atoms with Crippen molar-refractivity contribution >= 4 is 11.4 Å². The van der Waals surface area contributed by atoms with Crippen LogP contribution in [0.3, 0.4) is 0 Å². The fourth-order valence-electron chi connectivity index (χ4n) is 4.62. The van der Waals surface area contributed by atoms with Crippen molar-refractivity contribution in [2.75, 3.05) is 21.3 Å². The molecule has 1 aliphatic carbocycles. The molecule has 0 spiro atoms. The van der Waals surface area contributed by atoms with Gasteiger partial charge in [0.2, 0.25) is 0 Å². The number of aryl methyl sites for hydroxylation is 1. The van der Waals surface area contributed by atoms with E-state index in [0.29, 0.717) is 18.4 Å². The zero-order chi connectivity index (χ0) is 23.1. The van der Waals surface area contributed by atoms with Gasteiger partial charge in [0.05, 0.1) is 38.3 Å². The van der Waals surface area contributed by atoms with Crippen molar-refractivity contribution in [2.45, 2.75) is 25.7 Å².